The fourth-order valence-electron chi connectivity index (χ4n) is 2.73. The smallest absolute Gasteiger partial charge is 0.141 e. The van der Waals surface area contributed by atoms with Crippen molar-refractivity contribution in [3.8, 4) is 0 Å². The van der Waals surface area contributed by atoms with Crippen LogP contribution in [0.1, 0.15) is 34.9 Å². The molecule has 2 aromatic rings. The van der Waals surface area contributed by atoms with Gasteiger partial charge in [0.05, 0.1) is 5.69 Å². The van der Waals surface area contributed by atoms with E-state index in [1.54, 1.807) is 0 Å². The first-order valence-corrected chi connectivity index (χ1v) is 6.61. The van der Waals surface area contributed by atoms with Crippen LogP contribution in [0.15, 0.2) is 53.1 Å². The second-order valence-electron chi connectivity index (χ2n) is 5.00. The van der Waals surface area contributed by atoms with Crippen molar-refractivity contribution in [2.75, 3.05) is 0 Å². The summed E-state index contributed by atoms with van der Waals surface area (Å²) in [5.41, 5.74) is 4.82. The van der Waals surface area contributed by atoms with Crippen molar-refractivity contribution in [2.24, 2.45) is 0 Å². The third kappa shape index (κ3) is 2.26. The molecule has 0 spiro atoms. The highest BCUT2D eigenvalue weighted by Crippen LogP contribution is 2.35. The molecule has 19 heavy (non-hydrogen) atoms. The summed E-state index contributed by atoms with van der Waals surface area (Å²) in [6.07, 6.45) is 7.58. The molecular formula is C17H17NO. The van der Waals surface area contributed by atoms with Gasteiger partial charge in [-0.3, -0.25) is 0 Å². The van der Waals surface area contributed by atoms with E-state index >= 15 is 0 Å². The predicted molar refractivity (Wildman–Crippen MR) is 76.9 cm³/mol. The summed E-state index contributed by atoms with van der Waals surface area (Å²) in [7, 11) is 0. The highest BCUT2D eigenvalue weighted by Gasteiger charge is 2.19. The van der Waals surface area contributed by atoms with Gasteiger partial charge in [-0.2, -0.15) is 0 Å². The Morgan fingerprint density at radius 2 is 1.95 bits per heavy atom. The van der Waals surface area contributed by atoms with Crippen LogP contribution in [0, 0.1) is 13.8 Å². The van der Waals surface area contributed by atoms with Crippen molar-refractivity contribution in [3.05, 3.63) is 71.1 Å². The normalized spacial score (nSPS) is 18.4. The summed E-state index contributed by atoms with van der Waals surface area (Å²) in [6.45, 7) is 3.98. The number of aromatic nitrogens is 1. The topological polar surface area (TPSA) is 26.0 Å². The zero-order chi connectivity index (χ0) is 13.2. The number of nitrogens with zero attached hydrogens (tertiary/aromatic N) is 1. The number of hydrogen-bond acceptors (Lipinski definition) is 2. The highest BCUT2D eigenvalue weighted by molar-refractivity contribution is 5.72. The van der Waals surface area contributed by atoms with E-state index in [2.05, 4.69) is 53.7 Å². The van der Waals surface area contributed by atoms with Crippen LogP contribution >= 0.6 is 0 Å². The summed E-state index contributed by atoms with van der Waals surface area (Å²) < 4.78 is 5.27. The Bertz CT molecular complexity index is 615. The van der Waals surface area contributed by atoms with Crippen molar-refractivity contribution in [3.63, 3.8) is 0 Å². The molecule has 1 heterocycles. The molecule has 0 bridgehead atoms. The minimum absolute atomic E-state index is 0.440. The van der Waals surface area contributed by atoms with Crippen LogP contribution in [0.4, 0.5) is 0 Å². The van der Waals surface area contributed by atoms with Gasteiger partial charge < -0.3 is 4.52 Å². The van der Waals surface area contributed by atoms with Gasteiger partial charge in [-0.25, -0.2) is 0 Å². The summed E-state index contributed by atoms with van der Waals surface area (Å²) in [5, 5.41) is 4.05. The number of aryl methyl sites for hydroxylation is 2. The Kier molecular flexibility index (Phi) is 3.08. The lowest BCUT2D eigenvalue weighted by Crippen LogP contribution is -2.01. The minimum atomic E-state index is 0.440. The lowest BCUT2D eigenvalue weighted by molar-refractivity contribution is 0.393. The zero-order valence-electron chi connectivity index (χ0n) is 11.3. The molecule has 0 saturated heterocycles. The van der Waals surface area contributed by atoms with Gasteiger partial charge in [-0.05, 0) is 31.4 Å². The lowest BCUT2D eigenvalue weighted by Gasteiger charge is -2.19. The van der Waals surface area contributed by atoms with Gasteiger partial charge in [0.1, 0.15) is 5.76 Å². The monoisotopic (exact) mass is 251 g/mol. The number of rotatable bonds is 2. The SMILES string of the molecule is Cc1noc(C)c1C1=CC=CC(c2ccccc2)C1. The molecule has 2 heteroatoms. The maximum atomic E-state index is 5.27. The van der Waals surface area contributed by atoms with Gasteiger partial charge in [0.25, 0.3) is 0 Å². The molecule has 1 aliphatic carbocycles. The molecule has 1 aliphatic rings. The number of allylic oxidation sites excluding steroid dienone is 4. The van der Waals surface area contributed by atoms with Gasteiger partial charge in [0, 0.05) is 11.5 Å². The second kappa shape index (κ2) is 4.88. The van der Waals surface area contributed by atoms with E-state index in [1.807, 2.05) is 13.8 Å². The average molecular weight is 251 g/mol. The molecule has 1 unspecified atom stereocenters. The first-order valence-electron chi connectivity index (χ1n) is 6.61. The summed E-state index contributed by atoms with van der Waals surface area (Å²) >= 11 is 0. The largest absolute Gasteiger partial charge is 0.361 e. The van der Waals surface area contributed by atoms with Gasteiger partial charge in [-0.1, -0.05) is 53.7 Å². The van der Waals surface area contributed by atoms with Crippen LogP contribution in [0.3, 0.4) is 0 Å². The van der Waals surface area contributed by atoms with Gasteiger partial charge in [0.15, 0.2) is 0 Å². The number of hydrogen-bond donors (Lipinski definition) is 0. The summed E-state index contributed by atoms with van der Waals surface area (Å²) in [5.74, 6) is 1.35. The van der Waals surface area contributed by atoms with Crippen molar-refractivity contribution in [1.82, 2.24) is 5.16 Å². The van der Waals surface area contributed by atoms with Crippen molar-refractivity contribution >= 4 is 5.57 Å². The molecule has 0 aliphatic heterocycles. The quantitative estimate of drug-likeness (QED) is 0.789. The Hall–Kier alpha value is -2.09. The molecular weight excluding hydrogens is 234 g/mol. The van der Waals surface area contributed by atoms with E-state index in [1.165, 1.54) is 16.7 Å². The van der Waals surface area contributed by atoms with Crippen LogP contribution < -0.4 is 0 Å². The third-order valence-electron chi connectivity index (χ3n) is 3.66. The van der Waals surface area contributed by atoms with Crippen LogP contribution in [-0.2, 0) is 0 Å². The predicted octanol–water partition coefficient (Wildman–Crippen LogP) is 4.42. The van der Waals surface area contributed by atoms with E-state index in [0.29, 0.717) is 5.92 Å². The Morgan fingerprint density at radius 3 is 2.63 bits per heavy atom. The molecule has 0 radical (unpaired) electrons. The van der Waals surface area contributed by atoms with E-state index in [0.717, 1.165) is 17.9 Å². The Labute approximate surface area is 113 Å². The number of benzene rings is 1. The van der Waals surface area contributed by atoms with Crippen LogP contribution in [0.25, 0.3) is 5.57 Å². The molecule has 0 N–H and O–H groups in total. The van der Waals surface area contributed by atoms with Crippen molar-refractivity contribution in [1.29, 1.82) is 0 Å². The minimum Gasteiger partial charge on any atom is -0.361 e. The molecule has 3 rings (SSSR count). The fourth-order valence-corrected chi connectivity index (χ4v) is 2.73. The van der Waals surface area contributed by atoms with E-state index in [-0.39, 0.29) is 0 Å². The Morgan fingerprint density at radius 1 is 1.16 bits per heavy atom. The zero-order valence-corrected chi connectivity index (χ0v) is 11.3. The van der Waals surface area contributed by atoms with Gasteiger partial charge in [0.2, 0.25) is 0 Å². The molecule has 2 nitrogen and oxygen atoms in total. The van der Waals surface area contributed by atoms with Gasteiger partial charge in [-0.15, -0.1) is 0 Å². The van der Waals surface area contributed by atoms with E-state index in [4.69, 9.17) is 4.52 Å². The molecule has 1 aromatic carbocycles. The molecule has 0 fully saturated rings. The summed E-state index contributed by atoms with van der Waals surface area (Å²) in [6, 6.07) is 10.6. The van der Waals surface area contributed by atoms with E-state index in [9.17, 15) is 0 Å². The molecule has 0 amide bonds. The Balaban J connectivity index is 1.91. The van der Waals surface area contributed by atoms with Crippen molar-refractivity contribution in [2.45, 2.75) is 26.2 Å². The average Bonchev–Trinajstić information content (AvgIpc) is 2.79. The van der Waals surface area contributed by atoms with E-state index < -0.39 is 0 Å². The molecule has 0 saturated carbocycles. The summed E-state index contributed by atoms with van der Waals surface area (Å²) in [4.78, 5) is 0. The molecule has 1 atom stereocenters. The van der Waals surface area contributed by atoms with Gasteiger partial charge >= 0.3 is 0 Å². The first kappa shape index (κ1) is 12.0. The van der Waals surface area contributed by atoms with Crippen LogP contribution in [0.2, 0.25) is 0 Å². The van der Waals surface area contributed by atoms with Crippen molar-refractivity contribution < 1.29 is 4.52 Å². The fraction of sp³-hybridized carbons (Fsp3) is 0.235. The maximum Gasteiger partial charge on any atom is 0.141 e. The highest BCUT2D eigenvalue weighted by atomic mass is 16.5. The van der Waals surface area contributed by atoms with Crippen LogP contribution in [-0.4, -0.2) is 5.16 Å². The standard InChI is InChI=1S/C17H17NO/c1-12-17(13(2)19-18-12)16-10-6-9-15(11-16)14-7-4-3-5-8-14/h3-10,15H,11H2,1-2H3. The lowest BCUT2D eigenvalue weighted by atomic mass is 9.85. The molecule has 96 valence electrons. The molecule has 1 aromatic heterocycles. The second-order valence-corrected chi connectivity index (χ2v) is 5.00. The first-order chi connectivity index (χ1) is 9.25. The third-order valence-corrected chi connectivity index (χ3v) is 3.66. The maximum absolute atomic E-state index is 5.27. The van der Waals surface area contributed by atoms with Crippen LogP contribution in [0.5, 0.6) is 0 Å².